The van der Waals surface area contributed by atoms with Crippen LogP contribution in [0.5, 0.6) is 0 Å². The Kier molecular flexibility index (Phi) is 7.31. The monoisotopic (exact) mass is 334 g/mol. The van der Waals surface area contributed by atoms with Crippen molar-refractivity contribution in [3.05, 3.63) is 23.0 Å². The summed E-state index contributed by atoms with van der Waals surface area (Å²) < 4.78 is 0. The number of nitrogens with one attached hydrogen (secondary N) is 1. The van der Waals surface area contributed by atoms with Crippen molar-refractivity contribution in [3.8, 4) is 12.1 Å². The molecule has 0 aliphatic carbocycles. The Morgan fingerprint density at radius 1 is 1.26 bits per heavy atom. The van der Waals surface area contributed by atoms with E-state index in [4.69, 9.17) is 27.9 Å². The Hall–Kier alpha value is -2.84. The quantitative estimate of drug-likeness (QED) is 0.678. The lowest BCUT2D eigenvalue weighted by Crippen LogP contribution is -2.37. The van der Waals surface area contributed by atoms with Crippen LogP contribution in [0.1, 0.15) is 23.3 Å². The fourth-order valence-electron chi connectivity index (χ4n) is 1.78. The van der Waals surface area contributed by atoms with Crippen molar-refractivity contribution >= 4 is 29.1 Å². The lowest BCUT2D eigenvalue weighted by molar-refractivity contribution is -0.129. The Morgan fingerprint density at radius 3 is 2.39 bits per heavy atom. The molecule has 1 rings (SSSR count). The molecule has 0 saturated carbocycles. The van der Waals surface area contributed by atoms with Crippen LogP contribution in [0.4, 0.5) is 5.69 Å². The molecule has 9 heteroatoms. The summed E-state index contributed by atoms with van der Waals surface area (Å²) in [4.78, 5) is 28.7. The van der Waals surface area contributed by atoms with Gasteiger partial charge in [-0.05, 0) is 12.1 Å². The first-order chi connectivity index (χ1) is 11.0. The van der Waals surface area contributed by atoms with Gasteiger partial charge in [0.05, 0.1) is 37.2 Å². The van der Waals surface area contributed by atoms with Gasteiger partial charge >= 0.3 is 0 Å². The lowest BCUT2D eigenvalue weighted by Gasteiger charge is -2.21. The predicted molar refractivity (Wildman–Crippen MR) is 83.3 cm³/mol. The van der Waals surface area contributed by atoms with Gasteiger partial charge in [-0.15, -0.1) is 0 Å². The van der Waals surface area contributed by atoms with Crippen molar-refractivity contribution in [3.63, 3.8) is 0 Å². The number of primary amides is 1. The van der Waals surface area contributed by atoms with Crippen molar-refractivity contribution in [1.29, 1.82) is 10.5 Å². The number of nitrogens with two attached hydrogens (primary N) is 1. The Morgan fingerprint density at radius 2 is 1.87 bits per heavy atom. The first-order valence-electron chi connectivity index (χ1n) is 6.71. The summed E-state index contributed by atoms with van der Waals surface area (Å²) >= 11 is 5.71. The minimum atomic E-state index is -0.770. The fraction of sp³-hybridized carbons (Fsp3) is 0.357. The second-order valence-corrected chi connectivity index (χ2v) is 4.83. The Bertz CT molecular complexity index is 646. The van der Waals surface area contributed by atoms with Gasteiger partial charge in [0.2, 0.25) is 5.91 Å². The van der Waals surface area contributed by atoms with E-state index >= 15 is 0 Å². The molecule has 120 valence electrons. The van der Waals surface area contributed by atoms with Gasteiger partial charge in [-0.1, -0.05) is 11.6 Å². The predicted octanol–water partition coefficient (Wildman–Crippen LogP) is 0.902. The van der Waals surface area contributed by atoms with Crippen molar-refractivity contribution < 1.29 is 9.59 Å². The highest BCUT2D eigenvalue weighted by Crippen LogP contribution is 2.16. The van der Waals surface area contributed by atoms with Crippen molar-refractivity contribution in [2.75, 3.05) is 25.0 Å². The molecule has 8 nitrogen and oxygen atoms in total. The van der Waals surface area contributed by atoms with Gasteiger partial charge in [-0.25, -0.2) is 4.98 Å². The van der Waals surface area contributed by atoms with Crippen LogP contribution >= 0.6 is 11.6 Å². The largest absolute Gasteiger partial charge is 0.374 e. The number of nitrogens with zero attached hydrogens (tertiary/aromatic N) is 4. The lowest BCUT2D eigenvalue weighted by atomic mass is 10.2. The Labute approximate surface area is 138 Å². The zero-order chi connectivity index (χ0) is 17.2. The minimum absolute atomic E-state index is 0.0640. The van der Waals surface area contributed by atoms with E-state index in [9.17, 15) is 9.59 Å². The number of rotatable bonds is 8. The topological polar surface area (TPSA) is 136 Å². The summed E-state index contributed by atoms with van der Waals surface area (Å²) in [7, 11) is 0. The zero-order valence-corrected chi connectivity index (χ0v) is 13.0. The van der Waals surface area contributed by atoms with Gasteiger partial charge in [0.25, 0.3) is 5.91 Å². The molecule has 0 aliphatic heterocycles. The molecular weight excluding hydrogens is 320 g/mol. The van der Waals surface area contributed by atoms with E-state index in [2.05, 4.69) is 10.3 Å². The van der Waals surface area contributed by atoms with Crippen molar-refractivity contribution in [2.24, 2.45) is 5.73 Å². The van der Waals surface area contributed by atoms with Gasteiger partial charge < -0.3 is 16.0 Å². The van der Waals surface area contributed by atoms with Gasteiger partial charge in [0.1, 0.15) is 5.15 Å². The molecule has 1 aromatic heterocycles. The maximum atomic E-state index is 12.2. The van der Waals surface area contributed by atoms with E-state index in [1.807, 2.05) is 12.1 Å². The second kappa shape index (κ2) is 9.23. The number of hydrogen-bond acceptors (Lipinski definition) is 6. The van der Waals surface area contributed by atoms with E-state index in [1.165, 1.54) is 17.0 Å². The summed E-state index contributed by atoms with van der Waals surface area (Å²) in [6.07, 6.45) is 0.346. The first kappa shape index (κ1) is 18.2. The standard InChI is InChI=1S/C14H15ClN6O2/c15-11-4-3-10(13(20-11)14(18)23)19-9-12(22)21(7-1-5-16)8-2-6-17/h3-4,19H,1-2,7-9H2,(H2,18,23). The van der Waals surface area contributed by atoms with Crippen LogP contribution in [0.3, 0.4) is 0 Å². The number of nitriles is 2. The molecule has 0 spiro atoms. The molecule has 1 aromatic rings. The number of hydrogen-bond donors (Lipinski definition) is 2. The SMILES string of the molecule is N#CCCN(CCC#N)C(=O)CNc1ccc(Cl)nc1C(N)=O. The normalized spacial score (nSPS) is 9.52. The van der Waals surface area contributed by atoms with Gasteiger partial charge in [-0.3, -0.25) is 9.59 Å². The van der Waals surface area contributed by atoms with Gasteiger partial charge in [-0.2, -0.15) is 10.5 Å². The molecule has 0 saturated heterocycles. The van der Waals surface area contributed by atoms with E-state index in [1.54, 1.807) is 0 Å². The maximum Gasteiger partial charge on any atom is 0.269 e. The number of carbonyl (C=O) groups is 2. The van der Waals surface area contributed by atoms with Crippen LogP contribution in [-0.4, -0.2) is 41.3 Å². The highest BCUT2D eigenvalue weighted by atomic mass is 35.5. The third-order valence-corrected chi connectivity index (χ3v) is 3.07. The average molecular weight is 335 g/mol. The molecule has 0 aliphatic rings. The molecule has 0 fully saturated rings. The molecule has 0 unspecified atom stereocenters. The van der Waals surface area contributed by atoms with Crippen LogP contribution in [0, 0.1) is 22.7 Å². The van der Waals surface area contributed by atoms with E-state index in [-0.39, 0.29) is 54.9 Å². The van der Waals surface area contributed by atoms with Gasteiger partial charge in [0.15, 0.2) is 5.69 Å². The summed E-state index contributed by atoms with van der Waals surface area (Å²) in [5.41, 5.74) is 5.44. The maximum absolute atomic E-state index is 12.2. The highest BCUT2D eigenvalue weighted by molar-refractivity contribution is 6.29. The number of aromatic nitrogens is 1. The molecule has 3 N–H and O–H groups in total. The Balaban J connectivity index is 2.75. The zero-order valence-electron chi connectivity index (χ0n) is 12.3. The second-order valence-electron chi connectivity index (χ2n) is 4.44. The summed E-state index contributed by atoms with van der Waals surface area (Å²) in [5.74, 6) is -1.07. The minimum Gasteiger partial charge on any atom is -0.374 e. The van der Waals surface area contributed by atoms with Crippen molar-refractivity contribution in [2.45, 2.75) is 12.8 Å². The van der Waals surface area contributed by atoms with E-state index in [0.717, 1.165) is 0 Å². The highest BCUT2D eigenvalue weighted by Gasteiger charge is 2.15. The fourth-order valence-corrected chi connectivity index (χ4v) is 1.93. The van der Waals surface area contributed by atoms with Gasteiger partial charge in [0, 0.05) is 13.1 Å². The van der Waals surface area contributed by atoms with Crippen LogP contribution in [0.25, 0.3) is 0 Å². The molecule has 2 amide bonds. The van der Waals surface area contributed by atoms with Crippen LogP contribution < -0.4 is 11.1 Å². The number of carbonyl (C=O) groups excluding carboxylic acids is 2. The average Bonchev–Trinajstić information content (AvgIpc) is 2.53. The molecule has 0 bridgehead atoms. The molecule has 1 heterocycles. The molecule has 23 heavy (non-hydrogen) atoms. The van der Waals surface area contributed by atoms with Crippen molar-refractivity contribution in [1.82, 2.24) is 9.88 Å². The number of anilines is 1. The van der Waals surface area contributed by atoms with Crippen LogP contribution in [0.15, 0.2) is 12.1 Å². The number of pyridine rings is 1. The third kappa shape index (κ3) is 5.81. The smallest absolute Gasteiger partial charge is 0.269 e. The molecular formula is C14H15ClN6O2. The number of amides is 2. The number of halogens is 1. The molecule has 0 atom stereocenters. The molecule has 0 aromatic carbocycles. The third-order valence-electron chi connectivity index (χ3n) is 2.86. The summed E-state index contributed by atoms with van der Waals surface area (Å²) in [6.45, 7) is 0.348. The first-order valence-corrected chi connectivity index (χ1v) is 7.09. The summed E-state index contributed by atoms with van der Waals surface area (Å²) in [5, 5.41) is 20.1. The summed E-state index contributed by atoms with van der Waals surface area (Å²) in [6, 6.07) is 6.86. The van der Waals surface area contributed by atoms with E-state index < -0.39 is 5.91 Å². The van der Waals surface area contributed by atoms with E-state index in [0.29, 0.717) is 0 Å². The van der Waals surface area contributed by atoms with Crippen LogP contribution in [-0.2, 0) is 4.79 Å². The van der Waals surface area contributed by atoms with Crippen LogP contribution in [0.2, 0.25) is 5.15 Å². The molecule has 0 radical (unpaired) electrons.